The minimum Gasteiger partial charge on any atom is -0.340 e. The average Bonchev–Trinajstić information content (AvgIpc) is 3.12. The van der Waals surface area contributed by atoms with E-state index in [4.69, 9.17) is 0 Å². The van der Waals surface area contributed by atoms with Crippen LogP contribution in [0.4, 0.5) is 5.69 Å². The first-order valence-electron chi connectivity index (χ1n) is 10.2. The molecule has 0 spiro atoms. The van der Waals surface area contributed by atoms with E-state index in [0.717, 1.165) is 64.2 Å². The van der Waals surface area contributed by atoms with Crippen molar-refractivity contribution in [2.24, 2.45) is 5.92 Å². The predicted octanol–water partition coefficient (Wildman–Crippen LogP) is 1.53. The molecule has 0 radical (unpaired) electrons. The van der Waals surface area contributed by atoms with Crippen LogP contribution in [0.2, 0.25) is 0 Å². The molecule has 3 aliphatic rings. The van der Waals surface area contributed by atoms with Gasteiger partial charge in [-0.1, -0.05) is 18.2 Å². The number of carbonyl (C=O) groups excluding carboxylic acids is 2. The Balaban J connectivity index is 0.00000225. The van der Waals surface area contributed by atoms with Crippen molar-refractivity contribution in [1.82, 2.24) is 15.1 Å². The third-order valence-electron chi connectivity index (χ3n) is 6.20. The van der Waals surface area contributed by atoms with Crippen LogP contribution in [0.25, 0.3) is 0 Å². The van der Waals surface area contributed by atoms with Gasteiger partial charge in [-0.3, -0.25) is 14.5 Å². The van der Waals surface area contributed by atoms with E-state index in [1.807, 2.05) is 28.0 Å². The number of piperazine rings is 1. The number of fused-ring (bicyclic) bond motifs is 1. The first kappa shape index (κ1) is 21.1. The average molecular weight is 407 g/mol. The van der Waals surface area contributed by atoms with Crippen molar-refractivity contribution in [1.29, 1.82) is 0 Å². The fourth-order valence-electron chi connectivity index (χ4n) is 4.61. The minimum absolute atomic E-state index is 0. The SMILES string of the molecule is C[C@H]1C[C@@H](C(=O)N2CCN(CC(=O)N3CCc4ccccc43)CC2)CCN1.Cl. The molecule has 4 rings (SSSR count). The van der Waals surface area contributed by atoms with Gasteiger partial charge >= 0.3 is 0 Å². The Bertz CT molecular complexity index is 705. The maximum atomic E-state index is 12.8. The smallest absolute Gasteiger partial charge is 0.241 e. The Labute approximate surface area is 173 Å². The van der Waals surface area contributed by atoms with E-state index >= 15 is 0 Å². The van der Waals surface area contributed by atoms with E-state index in [9.17, 15) is 9.59 Å². The summed E-state index contributed by atoms with van der Waals surface area (Å²) in [7, 11) is 0. The maximum absolute atomic E-state index is 12.8. The lowest BCUT2D eigenvalue weighted by Crippen LogP contribution is -2.53. The zero-order chi connectivity index (χ0) is 18.8. The van der Waals surface area contributed by atoms with E-state index < -0.39 is 0 Å². The Morgan fingerprint density at radius 3 is 2.61 bits per heavy atom. The number of anilines is 1. The molecule has 7 heteroatoms. The van der Waals surface area contributed by atoms with Crippen LogP contribution in [0, 0.1) is 5.92 Å². The van der Waals surface area contributed by atoms with Crippen molar-refractivity contribution >= 4 is 29.9 Å². The summed E-state index contributed by atoms with van der Waals surface area (Å²) in [5, 5.41) is 3.41. The standard InChI is InChI=1S/C21H30N4O2.ClH/c1-16-14-18(6-8-22-16)21(27)24-12-10-23(11-13-24)15-20(26)25-9-7-17-4-2-3-5-19(17)25;/h2-5,16,18,22H,6-15H2,1H3;1H/t16-,18-;/m0./s1. The molecule has 2 amide bonds. The molecule has 0 saturated carbocycles. The molecule has 1 N–H and O–H groups in total. The van der Waals surface area contributed by atoms with Crippen LogP contribution >= 0.6 is 12.4 Å². The summed E-state index contributed by atoms with van der Waals surface area (Å²) >= 11 is 0. The number of piperidine rings is 1. The number of nitrogens with one attached hydrogen (secondary N) is 1. The first-order valence-corrected chi connectivity index (χ1v) is 10.2. The highest BCUT2D eigenvalue weighted by Gasteiger charge is 2.31. The number of rotatable bonds is 3. The first-order chi connectivity index (χ1) is 13.1. The van der Waals surface area contributed by atoms with Gasteiger partial charge in [-0.15, -0.1) is 12.4 Å². The summed E-state index contributed by atoms with van der Waals surface area (Å²) in [6.45, 7) is 7.36. The Morgan fingerprint density at radius 1 is 1.11 bits per heavy atom. The Kier molecular flexibility index (Phi) is 6.96. The number of benzene rings is 1. The summed E-state index contributed by atoms with van der Waals surface area (Å²) in [6, 6.07) is 8.60. The van der Waals surface area contributed by atoms with Gasteiger partial charge in [0.1, 0.15) is 0 Å². The lowest BCUT2D eigenvalue weighted by Gasteiger charge is -2.38. The highest BCUT2D eigenvalue weighted by Crippen LogP contribution is 2.27. The minimum atomic E-state index is 0. The summed E-state index contributed by atoms with van der Waals surface area (Å²) in [5.74, 6) is 0.644. The fraction of sp³-hybridized carbons (Fsp3) is 0.619. The van der Waals surface area contributed by atoms with Crippen molar-refractivity contribution in [2.45, 2.75) is 32.2 Å². The normalized spacial score (nSPS) is 25.2. The van der Waals surface area contributed by atoms with E-state index in [1.54, 1.807) is 0 Å². The number of amides is 2. The van der Waals surface area contributed by atoms with Crippen LogP contribution < -0.4 is 10.2 Å². The molecule has 2 fully saturated rings. The van der Waals surface area contributed by atoms with Crippen LogP contribution in [0.3, 0.4) is 0 Å². The predicted molar refractivity (Wildman–Crippen MR) is 113 cm³/mol. The topological polar surface area (TPSA) is 55.9 Å². The zero-order valence-corrected chi connectivity index (χ0v) is 17.4. The lowest BCUT2D eigenvalue weighted by atomic mass is 9.92. The molecule has 2 saturated heterocycles. The largest absolute Gasteiger partial charge is 0.340 e. The lowest BCUT2D eigenvalue weighted by molar-refractivity contribution is -0.138. The summed E-state index contributed by atoms with van der Waals surface area (Å²) in [5.41, 5.74) is 2.33. The van der Waals surface area contributed by atoms with Gasteiger partial charge in [0.15, 0.2) is 0 Å². The molecule has 0 aromatic heterocycles. The van der Waals surface area contributed by atoms with Crippen molar-refractivity contribution in [3.05, 3.63) is 29.8 Å². The van der Waals surface area contributed by atoms with Crippen molar-refractivity contribution in [3.8, 4) is 0 Å². The van der Waals surface area contributed by atoms with Gasteiger partial charge in [-0.25, -0.2) is 0 Å². The van der Waals surface area contributed by atoms with Crippen LogP contribution in [0.5, 0.6) is 0 Å². The highest BCUT2D eigenvalue weighted by atomic mass is 35.5. The molecule has 0 unspecified atom stereocenters. The third-order valence-corrected chi connectivity index (χ3v) is 6.20. The van der Waals surface area contributed by atoms with Crippen molar-refractivity contribution < 1.29 is 9.59 Å². The van der Waals surface area contributed by atoms with E-state index in [0.29, 0.717) is 18.5 Å². The number of para-hydroxylation sites is 1. The van der Waals surface area contributed by atoms with Gasteiger partial charge in [0.25, 0.3) is 0 Å². The van der Waals surface area contributed by atoms with Crippen molar-refractivity contribution in [3.63, 3.8) is 0 Å². The van der Waals surface area contributed by atoms with Gasteiger partial charge < -0.3 is 15.1 Å². The molecule has 3 aliphatic heterocycles. The molecular weight excluding hydrogens is 376 g/mol. The van der Waals surface area contributed by atoms with Crippen LogP contribution in [-0.4, -0.2) is 73.5 Å². The fourth-order valence-corrected chi connectivity index (χ4v) is 4.61. The van der Waals surface area contributed by atoms with Gasteiger partial charge in [0.2, 0.25) is 11.8 Å². The van der Waals surface area contributed by atoms with Gasteiger partial charge in [-0.2, -0.15) is 0 Å². The molecule has 154 valence electrons. The summed E-state index contributed by atoms with van der Waals surface area (Å²) in [6.07, 6.45) is 2.82. The second kappa shape index (κ2) is 9.25. The number of halogens is 1. The highest BCUT2D eigenvalue weighted by molar-refractivity contribution is 5.96. The molecule has 0 bridgehead atoms. The molecule has 2 atom stereocenters. The molecule has 1 aromatic carbocycles. The second-order valence-corrected chi connectivity index (χ2v) is 8.10. The van der Waals surface area contributed by atoms with Crippen LogP contribution in [0.15, 0.2) is 24.3 Å². The maximum Gasteiger partial charge on any atom is 0.241 e. The molecular formula is C21H31ClN4O2. The summed E-state index contributed by atoms with van der Waals surface area (Å²) < 4.78 is 0. The molecule has 6 nitrogen and oxygen atoms in total. The monoisotopic (exact) mass is 406 g/mol. The van der Waals surface area contributed by atoms with Gasteiger partial charge in [-0.05, 0) is 44.4 Å². The van der Waals surface area contributed by atoms with E-state index in [2.05, 4.69) is 23.2 Å². The quantitative estimate of drug-likeness (QED) is 0.827. The molecule has 3 heterocycles. The number of nitrogens with zero attached hydrogens (tertiary/aromatic N) is 3. The van der Waals surface area contributed by atoms with Crippen molar-refractivity contribution in [2.75, 3.05) is 50.7 Å². The number of hydrogen-bond donors (Lipinski definition) is 1. The number of carbonyl (C=O) groups is 2. The van der Waals surface area contributed by atoms with Crippen LogP contribution in [-0.2, 0) is 16.0 Å². The van der Waals surface area contributed by atoms with E-state index in [-0.39, 0.29) is 24.2 Å². The number of hydrogen-bond acceptors (Lipinski definition) is 4. The van der Waals surface area contributed by atoms with E-state index in [1.165, 1.54) is 5.56 Å². The molecule has 0 aliphatic carbocycles. The molecule has 28 heavy (non-hydrogen) atoms. The second-order valence-electron chi connectivity index (χ2n) is 8.10. The van der Waals surface area contributed by atoms with Gasteiger partial charge in [0.05, 0.1) is 6.54 Å². The Morgan fingerprint density at radius 2 is 1.86 bits per heavy atom. The zero-order valence-electron chi connectivity index (χ0n) is 16.6. The van der Waals surface area contributed by atoms with Gasteiger partial charge in [0, 0.05) is 50.4 Å². The Hall–Kier alpha value is -1.63. The third kappa shape index (κ3) is 4.50. The van der Waals surface area contributed by atoms with Crippen LogP contribution in [0.1, 0.15) is 25.3 Å². The summed E-state index contributed by atoms with van der Waals surface area (Å²) in [4.78, 5) is 31.7. The molecule has 1 aromatic rings.